The summed E-state index contributed by atoms with van der Waals surface area (Å²) < 4.78 is 0. The average Bonchev–Trinajstić information content (AvgIpc) is 3.30. The Bertz CT molecular complexity index is 1110. The second-order valence-electron chi connectivity index (χ2n) is 6.45. The number of allylic oxidation sites excluding steroid dienone is 3. The standard InChI is InChI=1S/C22H16N2O/c1-13-10-20(25)22(17-12-24-19-9-5-3-7-15(17)19)21(13)16-11-23-18-8-4-2-6-14(16)18/h2-9,11-12,23-24H,1,10H2. The van der Waals surface area contributed by atoms with Gasteiger partial charge in [0.2, 0.25) is 0 Å². The van der Waals surface area contributed by atoms with E-state index in [4.69, 9.17) is 0 Å². The lowest BCUT2D eigenvalue weighted by Gasteiger charge is -2.06. The summed E-state index contributed by atoms with van der Waals surface area (Å²) in [5.41, 5.74) is 6.73. The molecule has 0 atom stereocenters. The number of nitrogens with one attached hydrogen (secondary N) is 2. The molecule has 2 aromatic carbocycles. The molecule has 1 aliphatic carbocycles. The fraction of sp³-hybridized carbons (Fsp3) is 0.0455. The average molecular weight is 324 g/mol. The first kappa shape index (κ1) is 14.1. The van der Waals surface area contributed by atoms with E-state index in [0.29, 0.717) is 6.42 Å². The number of ketones is 1. The SMILES string of the molecule is C=C1CC(=O)C(c2c[nH]c3ccccc23)=C1c1c[nH]c2ccccc12. The molecule has 2 aromatic heterocycles. The van der Waals surface area contributed by atoms with E-state index in [1.807, 2.05) is 48.8 Å². The number of hydrogen-bond donors (Lipinski definition) is 2. The Labute approximate surface area is 144 Å². The molecule has 2 N–H and O–H groups in total. The van der Waals surface area contributed by atoms with Crippen LogP contribution >= 0.6 is 0 Å². The van der Waals surface area contributed by atoms with Crippen molar-refractivity contribution in [2.24, 2.45) is 0 Å². The molecule has 0 aliphatic heterocycles. The summed E-state index contributed by atoms with van der Waals surface area (Å²) in [6.45, 7) is 4.19. The molecular weight excluding hydrogens is 308 g/mol. The van der Waals surface area contributed by atoms with Gasteiger partial charge in [0.25, 0.3) is 0 Å². The first-order valence-electron chi connectivity index (χ1n) is 8.32. The van der Waals surface area contributed by atoms with Crippen LogP contribution in [0.5, 0.6) is 0 Å². The van der Waals surface area contributed by atoms with Gasteiger partial charge in [-0.1, -0.05) is 43.0 Å². The predicted molar refractivity (Wildman–Crippen MR) is 102 cm³/mol. The molecule has 5 rings (SSSR count). The molecule has 0 radical (unpaired) electrons. The first-order valence-corrected chi connectivity index (χ1v) is 8.32. The van der Waals surface area contributed by atoms with Crippen molar-refractivity contribution < 1.29 is 4.79 Å². The van der Waals surface area contributed by atoms with Gasteiger partial charge in [-0.15, -0.1) is 0 Å². The van der Waals surface area contributed by atoms with Crippen LogP contribution in [0.4, 0.5) is 0 Å². The van der Waals surface area contributed by atoms with E-state index in [9.17, 15) is 4.79 Å². The third-order valence-electron chi connectivity index (χ3n) is 4.97. The topological polar surface area (TPSA) is 48.6 Å². The third kappa shape index (κ3) is 1.96. The molecule has 0 amide bonds. The quantitative estimate of drug-likeness (QED) is 0.530. The maximum atomic E-state index is 12.8. The number of carbonyl (C=O) groups excluding carboxylic acids is 1. The number of Topliss-reactive ketones (excluding diaryl/α,β-unsaturated/α-hetero) is 1. The van der Waals surface area contributed by atoms with Gasteiger partial charge in [0.1, 0.15) is 0 Å². The number of aromatic amines is 2. The first-order chi connectivity index (χ1) is 12.2. The molecule has 1 aliphatic rings. The van der Waals surface area contributed by atoms with Crippen molar-refractivity contribution in [3.8, 4) is 0 Å². The van der Waals surface area contributed by atoms with E-state index in [1.54, 1.807) is 0 Å². The fourth-order valence-corrected chi connectivity index (χ4v) is 3.85. The van der Waals surface area contributed by atoms with Gasteiger partial charge in [0, 0.05) is 57.3 Å². The van der Waals surface area contributed by atoms with Crippen molar-refractivity contribution >= 4 is 38.7 Å². The molecule has 2 heterocycles. The summed E-state index contributed by atoms with van der Waals surface area (Å²) in [7, 11) is 0. The van der Waals surface area contributed by atoms with E-state index in [0.717, 1.165) is 49.7 Å². The zero-order chi connectivity index (χ0) is 17.0. The van der Waals surface area contributed by atoms with Gasteiger partial charge in [0.05, 0.1) is 0 Å². The van der Waals surface area contributed by atoms with Crippen molar-refractivity contribution in [3.05, 3.63) is 84.2 Å². The highest BCUT2D eigenvalue weighted by atomic mass is 16.1. The van der Waals surface area contributed by atoms with E-state index >= 15 is 0 Å². The van der Waals surface area contributed by atoms with Gasteiger partial charge >= 0.3 is 0 Å². The Morgan fingerprint density at radius 3 is 1.88 bits per heavy atom. The summed E-state index contributed by atoms with van der Waals surface area (Å²) in [4.78, 5) is 19.4. The maximum absolute atomic E-state index is 12.8. The van der Waals surface area contributed by atoms with Crippen LogP contribution in [0.1, 0.15) is 17.5 Å². The smallest absolute Gasteiger partial charge is 0.168 e. The minimum absolute atomic E-state index is 0.134. The normalized spacial score (nSPS) is 15.0. The van der Waals surface area contributed by atoms with Crippen LogP contribution < -0.4 is 0 Å². The number of H-pyrrole nitrogens is 2. The van der Waals surface area contributed by atoms with E-state index in [1.165, 1.54) is 0 Å². The largest absolute Gasteiger partial charge is 0.361 e. The molecule has 0 unspecified atom stereocenters. The van der Waals surface area contributed by atoms with Gasteiger partial charge in [0.15, 0.2) is 5.78 Å². The van der Waals surface area contributed by atoms with Crippen LogP contribution in [-0.2, 0) is 4.79 Å². The van der Waals surface area contributed by atoms with Gasteiger partial charge < -0.3 is 9.97 Å². The lowest BCUT2D eigenvalue weighted by atomic mass is 9.95. The van der Waals surface area contributed by atoms with Gasteiger partial charge in [-0.25, -0.2) is 0 Å². The van der Waals surface area contributed by atoms with Gasteiger partial charge in [-0.05, 0) is 23.3 Å². The van der Waals surface area contributed by atoms with Gasteiger partial charge in [-0.3, -0.25) is 4.79 Å². The Balaban J connectivity index is 1.85. The number of para-hydroxylation sites is 2. The summed E-state index contributed by atoms with van der Waals surface area (Å²) in [5, 5.41) is 2.18. The lowest BCUT2D eigenvalue weighted by Crippen LogP contribution is -1.95. The number of aromatic nitrogens is 2. The summed E-state index contributed by atoms with van der Waals surface area (Å²) in [6.07, 6.45) is 4.30. The zero-order valence-electron chi connectivity index (χ0n) is 13.6. The minimum Gasteiger partial charge on any atom is -0.361 e. The van der Waals surface area contributed by atoms with Crippen LogP contribution in [-0.4, -0.2) is 15.8 Å². The van der Waals surface area contributed by atoms with Crippen LogP contribution in [0.2, 0.25) is 0 Å². The molecule has 4 aromatic rings. The second kappa shape index (κ2) is 5.08. The van der Waals surface area contributed by atoms with E-state index in [2.05, 4.69) is 28.7 Å². The molecule has 3 heteroatoms. The van der Waals surface area contributed by atoms with Crippen molar-refractivity contribution in [1.82, 2.24) is 9.97 Å². The highest BCUT2D eigenvalue weighted by molar-refractivity contribution is 6.37. The van der Waals surface area contributed by atoms with Crippen LogP contribution in [0.3, 0.4) is 0 Å². The van der Waals surface area contributed by atoms with Crippen molar-refractivity contribution in [3.63, 3.8) is 0 Å². The molecule has 0 saturated carbocycles. The Morgan fingerprint density at radius 2 is 1.28 bits per heavy atom. The summed E-state index contributed by atoms with van der Waals surface area (Å²) in [6, 6.07) is 16.2. The summed E-state index contributed by atoms with van der Waals surface area (Å²) >= 11 is 0. The molecule has 0 saturated heterocycles. The summed E-state index contributed by atoms with van der Waals surface area (Å²) in [5.74, 6) is 0.134. The van der Waals surface area contributed by atoms with Crippen LogP contribution in [0.25, 0.3) is 33.0 Å². The number of benzene rings is 2. The molecule has 0 bridgehead atoms. The monoisotopic (exact) mass is 324 g/mol. The minimum atomic E-state index is 0.134. The van der Waals surface area contributed by atoms with E-state index in [-0.39, 0.29) is 5.78 Å². The number of carbonyl (C=O) groups is 1. The fourth-order valence-electron chi connectivity index (χ4n) is 3.85. The van der Waals surface area contributed by atoms with Gasteiger partial charge in [-0.2, -0.15) is 0 Å². The number of fused-ring (bicyclic) bond motifs is 2. The number of hydrogen-bond acceptors (Lipinski definition) is 1. The Kier molecular flexibility index (Phi) is 2.86. The highest BCUT2D eigenvalue weighted by Crippen LogP contribution is 2.44. The van der Waals surface area contributed by atoms with Crippen LogP contribution in [0.15, 0.2) is 73.1 Å². The number of rotatable bonds is 2. The Hall–Kier alpha value is -3.33. The molecule has 0 spiro atoms. The molecule has 3 nitrogen and oxygen atoms in total. The predicted octanol–water partition coefficient (Wildman–Crippen LogP) is 5.09. The zero-order valence-corrected chi connectivity index (χ0v) is 13.6. The van der Waals surface area contributed by atoms with Crippen molar-refractivity contribution in [2.75, 3.05) is 0 Å². The highest BCUT2D eigenvalue weighted by Gasteiger charge is 2.30. The molecule has 0 fully saturated rings. The van der Waals surface area contributed by atoms with Crippen molar-refractivity contribution in [2.45, 2.75) is 6.42 Å². The van der Waals surface area contributed by atoms with E-state index < -0.39 is 0 Å². The molecular formula is C22H16N2O. The molecule has 25 heavy (non-hydrogen) atoms. The van der Waals surface area contributed by atoms with Crippen molar-refractivity contribution in [1.29, 1.82) is 0 Å². The molecule has 120 valence electrons. The lowest BCUT2D eigenvalue weighted by molar-refractivity contribution is -0.112. The Morgan fingerprint density at radius 1 is 0.760 bits per heavy atom. The second-order valence-corrected chi connectivity index (χ2v) is 6.45. The maximum Gasteiger partial charge on any atom is 0.168 e. The third-order valence-corrected chi connectivity index (χ3v) is 4.97. The van der Waals surface area contributed by atoms with Crippen LogP contribution in [0, 0.1) is 0 Å².